The summed E-state index contributed by atoms with van der Waals surface area (Å²) in [6.45, 7) is 0. The molecule has 0 aromatic carbocycles. The van der Waals surface area contributed by atoms with Crippen LogP contribution in [0.1, 0.15) is 0 Å². The van der Waals surface area contributed by atoms with Crippen LogP contribution in [0.5, 0.6) is 0 Å². The summed E-state index contributed by atoms with van der Waals surface area (Å²) in [5, 5.41) is 0. The van der Waals surface area contributed by atoms with Crippen molar-refractivity contribution in [3.63, 3.8) is 0 Å². The maximum atomic E-state index is 3.19. The van der Waals surface area contributed by atoms with E-state index in [-0.39, 0.29) is 48.9 Å². The number of rotatable bonds is 0. The first-order valence-corrected chi connectivity index (χ1v) is 9.07. The van der Waals surface area contributed by atoms with Crippen LogP contribution in [0, 0.1) is 0 Å². The summed E-state index contributed by atoms with van der Waals surface area (Å²) in [7, 11) is 0. The van der Waals surface area contributed by atoms with E-state index >= 15 is 0 Å². The fraction of sp³-hybridized carbons (Fsp3) is 0. The van der Waals surface area contributed by atoms with Gasteiger partial charge in [-0.25, -0.2) is 0 Å². The van der Waals surface area contributed by atoms with Crippen molar-refractivity contribution in [2.45, 2.75) is 0 Å². The molecule has 0 aliphatic rings. The normalized spacial score (nSPS) is 10.9. The van der Waals surface area contributed by atoms with E-state index in [2.05, 4.69) is 126 Å². The summed E-state index contributed by atoms with van der Waals surface area (Å²) in [5.74, 6) is 0. The number of hydrogen-bond acceptors (Lipinski definition) is 0. The van der Waals surface area contributed by atoms with E-state index in [9.17, 15) is 0 Å². The molecule has 0 nitrogen and oxygen atoms in total. The predicted molar refractivity (Wildman–Crippen MR) is 88.7 cm³/mol. The van der Waals surface area contributed by atoms with Crippen molar-refractivity contribution in [1.82, 2.24) is 0 Å². The Morgan fingerprint density at radius 2 is 0.455 bits per heavy atom. The van der Waals surface area contributed by atoms with Gasteiger partial charge in [0.05, 0.1) is 0 Å². The molecule has 0 amide bonds. The zero-order chi connectivity index (χ0) is 9.00. The molecule has 0 saturated heterocycles. The molecule has 0 N–H and O–H groups in total. The van der Waals surface area contributed by atoms with Gasteiger partial charge >= 0.3 is 48.9 Å². The minimum Gasteiger partial charge on any atom is -0.311 e. The second-order valence-electron chi connectivity index (χ2n) is 0.990. The Balaban J connectivity index is -0.000000107. The third kappa shape index (κ3) is 92.8. The van der Waals surface area contributed by atoms with Crippen molar-refractivity contribution in [2.75, 3.05) is 0 Å². The van der Waals surface area contributed by atoms with Gasteiger partial charge in [-0.15, -0.1) is 0 Å². The average Bonchev–Trinajstić information content (AvgIpc) is 1.12. The van der Waals surface area contributed by atoms with E-state index in [1.54, 1.807) is 0 Å². The largest absolute Gasteiger partial charge is 2.00 e. The third-order valence-corrected chi connectivity index (χ3v) is 0. The molecule has 0 rings (SSSR count). The second-order valence-corrected chi connectivity index (χ2v) is 26.7. The Kier molecular flexibility index (Phi) is 21.2. The van der Waals surface area contributed by atoms with Gasteiger partial charge < -0.3 is 126 Å². The first-order valence-electron chi connectivity index (χ1n) is 1.75. The van der Waals surface area contributed by atoms with Crippen LogP contribution in [-0.4, -0.2) is 51.8 Å². The molecular weight excluding hydrogens is 798 g/mol. The van der Waals surface area contributed by atoms with Gasteiger partial charge in [-0.3, -0.25) is 0 Å². The van der Waals surface area contributed by atoms with Gasteiger partial charge in [0.15, 0.2) is 0 Å². The maximum absolute atomic E-state index is 3.19. The van der Waals surface area contributed by atoms with Crippen LogP contribution in [0.4, 0.5) is 0 Å². The van der Waals surface area contributed by atoms with Crippen LogP contribution in [0.25, 0.3) is 0 Å². The standard InChI is InChI=1S/2BBr4.Ba/c2*2-1(3,4)5;/q2*-1;+2. The van der Waals surface area contributed by atoms with Crippen LogP contribution in [0.2, 0.25) is 0 Å². The molecule has 11 heavy (non-hydrogen) atoms. The van der Waals surface area contributed by atoms with Gasteiger partial charge in [0.1, 0.15) is 0 Å². The van der Waals surface area contributed by atoms with E-state index < -0.39 is 2.88 Å². The van der Waals surface area contributed by atoms with Gasteiger partial charge in [-0.1, -0.05) is 0 Å². The van der Waals surface area contributed by atoms with Crippen molar-refractivity contribution < 1.29 is 0 Å². The molecule has 11 heteroatoms. The molecule has 0 unspecified atom stereocenters. The van der Waals surface area contributed by atoms with Crippen LogP contribution in [0.15, 0.2) is 0 Å². The minimum absolute atomic E-state index is 0. The Morgan fingerprint density at radius 3 is 0.455 bits per heavy atom. The molecule has 0 bridgehead atoms. The van der Waals surface area contributed by atoms with E-state index in [0.29, 0.717) is 0 Å². The zero-order valence-electron chi connectivity index (χ0n) is 4.89. The molecule has 0 fully saturated rings. The number of halogens is 8. The SMILES string of the molecule is Br[B-](Br)(Br)Br.Br[B-](Br)(Br)Br.[Ba+2]. The molecular formula is B2BaBr8. The van der Waals surface area contributed by atoms with Gasteiger partial charge in [-0.2, -0.15) is 0 Å². The first-order chi connectivity index (χ1) is 4.00. The summed E-state index contributed by atoms with van der Waals surface area (Å²) in [6, 6.07) is 0. The van der Waals surface area contributed by atoms with Crippen LogP contribution in [-0.2, 0) is 0 Å². The van der Waals surface area contributed by atoms with Crippen molar-refractivity contribution >= 4 is 178 Å². The smallest absolute Gasteiger partial charge is 0.311 e. The molecule has 0 heterocycles. The van der Waals surface area contributed by atoms with Gasteiger partial charge in [0.25, 0.3) is 0 Å². The van der Waals surface area contributed by atoms with E-state index in [1.807, 2.05) is 0 Å². The summed E-state index contributed by atoms with van der Waals surface area (Å²) >= 11 is 25.5. The Hall–Kier alpha value is 5.54. The molecule has 0 aliphatic carbocycles. The van der Waals surface area contributed by atoms with Gasteiger partial charge in [0.2, 0.25) is 2.88 Å². The molecule has 0 atom stereocenters. The van der Waals surface area contributed by atoms with E-state index in [4.69, 9.17) is 0 Å². The summed E-state index contributed by atoms with van der Waals surface area (Å²) in [4.78, 5) is 0. The fourth-order valence-corrected chi connectivity index (χ4v) is 0. The van der Waals surface area contributed by atoms with E-state index in [0.717, 1.165) is 0 Å². The van der Waals surface area contributed by atoms with Crippen molar-refractivity contribution in [1.29, 1.82) is 0 Å². The average molecular weight is 798 g/mol. The Morgan fingerprint density at radius 1 is 0.455 bits per heavy atom. The quantitative estimate of drug-likeness (QED) is 0.280. The Bertz CT molecular complexity index is 55.1. The van der Waals surface area contributed by atoms with Crippen molar-refractivity contribution in [2.24, 2.45) is 0 Å². The molecule has 0 saturated carbocycles. The first kappa shape index (κ1) is 21.8. The summed E-state index contributed by atoms with van der Waals surface area (Å²) in [6.07, 6.45) is 0. The maximum Gasteiger partial charge on any atom is 2.00 e. The monoisotopic (exact) mass is 791 g/mol. The van der Waals surface area contributed by atoms with Crippen LogP contribution in [0.3, 0.4) is 0 Å². The minimum atomic E-state index is -0.750. The molecule has 0 spiro atoms. The van der Waals surface area contributed by atoms with E-state index in [1.165, 1.54) is 0 Å². The molecule has 64 valence electrons. The summed E-state index contributed by atoms with van der Waals surface area (Å²) in [5.41, 5.74) is 0. The third-order valence-electron chi connectivity index (χ3n) is 0. The predicted octanol–water partition coefficient (Wildman–Crippen LogP) is 5.62. The van der Waals surface area contributed by atoms with Crippen molar-refractivity contribution in [3.8, 4) is 0 Å². The molecule has 0 radical (unpaired) electrons. The summed E-state index contributed by atoms with van der Waals surface area (Å²) < 4.78 is -1.50. The Labute approximate surface area is 173 Å². The molecule has 0 aromatic rings. The number of hydrogen-bond donors (Lipinski definition) is 0. The molecule has 0 aromatic heterocycles. The van der Waals surface area contributed by atoms with Crippen LogP contribution >= 0.6 is 126 Å². The van der Waals surface area contributed by atoms with Crippen LogP contribution < -0.4 is 0 Å². The zero-order valence-corrected chi connectivity index (χ0v) is 22.0. The topological polar surface area (TPSA) is 0 Å². The fourth-order valence-electron chi connectivity index (χ4n) is 0. The van der Waals surface area contributed by atoms with Gasteiger partial charge in [-0.05, 0) is 0 Å². The van der Waals surface area contributed by atoms with Crippen molar-refractivity contribution in [3.05, 3.63) is 0 Å². The molecule has 0 aliphatic heterocycles. The second kappa shape index (κ2) is 10.7. The van der Waals surface area contributed by atoms with Gasteiger partial charge in [0, 0.05) is 0 Å².